The fourth-order valence-electron chi connectivity index (χ4n) is 3.19. The lowest BCUT2D eigenvalue weighted by molar-refractivity contribution is 0.120. The van der Waals surface area contributed by atoms with Gasteiger partial charge in [0.2, 0.25) is 0 Å². The molecule has 1 saturated heterocycles. The van der Waals surface area contributed by atoms with E-state index in [0.29, 0.717) is 0 Å². The molecule has 2 rings (SSSR count). The molecular weight excluding hydrogens is 294 g/mol. The second kappa shape index (κ2) is 8.66. The van der Waals surface area contributed by atoms with Crippen molar-refractivity contribution in [1.29, 1.82) is 0 Å². The quantitative estimate of drug-likeness (QED) is 0.889. The van der Waals surface area contributed by atoms with Gasteiger partial charge in [0.05, 0.1) is 0 Å². The molecule has 0 saturated carbocycles. The van der Waals surface area contributed by atoms with E-state index in [2.05, 4.69) is 24.1 Å². The molecule has 0 aromatic heterocycles. The topological polar surface area (TPSA) is 15.3 Å². The van der Waals surface area contributed by atoms with Crippen molar-refractivity contribution in [3.8, 4) is 0 Å². The third-order valence-corrected chi connectivity index (χ3v) is 4.12. The maximum atomic E-state index is 14.2. The summed E-state index contributed by atoms with van der Waals surface area (Å²) in [7, 11) is 0. The van der Waals surface area contributed by atoms with Crippen molar-refractivity contribution in [3.63, 3.8) is 0 Å². The minimum atomic E-state index is -0.420. The van der Waals surface area contributed by atoms with Gasteiger partial charge in [0.1, 0.15) is 11.6 Å². The molecule has 2 atom stereocenters. The van der Waals surface area contributed by atoms with Crippen molar-refractivity contribution in [2.75, 3.05) is 26.2 Å². The van der Waals surface area contributed by atoms with Crippen molar-refractivity contribution in [2.45, 2.75) is 32.7 Å². The summed E-state index contributed by atoms with van der Waals surface area (Å²) in [5.74, 6) is -0.600. The highest BCUT2D eigenvalue weighted by Gasteiger charge is 2.31. The van der Waals surface area contributed by atoms with Crippen LogP contribution in [0.3, 0.4) is 0 Å². The van der Waals surface area contributed by atoms with Gasteiger partial charge in [0.25, 0.3) is 0 Å². The summed E-state index contributed by atoms with van der Waals surface area (Å²) >= 11 is 0. The molecule has 0 radical (unpaired) electrons. The van der Waals surface area contributed by atoms with Crippen LogP contribution in [0.4, 0.5) is 8.78 Å². The number of rotatable bonds is 5. The van der Waals surface area contributed by atoms with Crippen molar-refractivity contribution < 1.29 is 8.78 Å². The molecule has 2 nitrogen and oxygen atoms in total. The second-order valence-corrected chi connectivity index (χ2v) is 5.63. The molecule has 1 fully saturated rings. The van der Waals surface area contributed by atoms with Crippen LogP contribution in [0.5, 0.6) is 0 Å². The van der Waals surface area contributed by atoms with Gasteiger partial charge in [0, 0.05) is 37.8 Å². The standard InChI is InChI=1S/C16H24F2N2.ClH/c1-3-5-12(2)16(20-10-8-19-9-11-20)15-13(17)6-4-7-14(15)18;/h4,6-7,12,16,19H,3,5,8-11H2,1-2H3;1H/t12?,16-;/m0./s1. The van der Waals surface area contributed by atoms with Crippen molar-refractivity contribution in [2.24, 2.45) is 5.92 Å². The third kappa shape index (κ3) is 4.38. The number of hydrogen-bond acceptors (Lipinski definition) is 2. The monoisotopic (exact) mass is 318 g/mol. The van der Waals surface area contributed by atoms with E-state index in [1.807, 2.05) is 0 Å². The molecule has 120 valence electrons. The van der Waals surface area contributed by atoms with Crippen LogP contribution >= 0.6 is 12.4 Å². The zero-order chi connectivity index (χ0) is 14.5. The lowest BCUT2D eigenvalue weighted by Gasteiger charge is -2.38. The minimum absolute atomic E-state index is 0. The van der Waals surface area contributed by atoms with Crippen molar-refractivity contribution in [3.05, 3.63) is 35.4 Å². The van der Waals surface area contributed by atoms with E-state index in [-0.39, 0.29) is 29.9 Å². The van der Waals surface area contributed by atoms with Crippen LogP contribution in [0.2, 0.25) is 0 Å². The Morgan fingerprint density at radius 1 is 1.19 bits per heavy atom. The highest BCUT2D eigenvalue weighted by molar-refractivity contribution is 5.85. The predicted molar refractivity (Wildman–Crippen MR) is 84.9 cm³/mol. The molecule has 1 aliphatic heterocycles. The average molecular weight is 319 g/mol. The Hall–Kier alpha value is -0.710. The highest BCUT2D eigenvalue weighted by atomic mass is 35.5. The largest absolute Gasteiger partial charge is 0.314 e. The summed E-state index contributed by atoms with van der Waals surface area (Å²) in [5, 5.41) is 3.29. The van der Waals surface area contributed by atoms with E-state index in [1.165, 1.54) is 18.2 Å². The summed E-state index contributed by atoms with van der Waals surface area (Å²) in [5.41, 5.74) is 0.246. The predicted octanol–water partition coefficient (Wildman–Crippen LogP) is 3.77. The molecule has 0 amide bonds. The van der Waals surface area contributed by atoms with Crippen LogP contribution in [-0.2, 0) is 0 Å². The van der Waals surface area contributed by atoms with Crippen molar-refractivity contribution >= 4 is 12.4 Å². The van der Waals surface area contributed by atoms with Gasteiger partial charge in [-0.25, -0.2) is 8.78 Å². The molecule has 1 aromatic rings. The molecule has 1 aromatic carbocycles. The Bertz CT molecular complexity index is 416. The van der Waals surface area contributed by atoms with Gasteiger partial charge in [-0.05, 0) is 24.5 Å². The Kier molecular flexibility index (Phi) is 7.57. The molecule has 5 heteroatoms. The number of hydrogen-bond donors (Lipinski definition) is 1. The summed E-state index contributed by atoms with van der Waals surface area (Å²) in [6, 6.07) is 4.00. The first-order valence-electron chi connectivity index (χ1n) is 7.53. The molecule has 21 heavy (non-hydrogen) atoms. The van der Waals surface area contributed by atoms with Gasteiger partial charge in [-0.15, -0.1) is 12.4 Å². The smallest absolute Gasteiger partial charge is 0.130 e. The van der Waals surface area contributed by atoms with E-state index in [1.54, 1.807) is 0 Å². The van der Waals surface area contributed by atoms with Crippen LogP contribution in [0.25, 0.3) is 0 Å². The highest BCUT2D eigenvalue weighted by Crippen LogP contribution is 2.34. The molecule has 1 N–H and O–H groups in total. The normalized spacial score (nSPS) is 18.9. The van der Waals surface area contributed by atoms with E-state index in [4.69, 9.17) is 0 Å². The van der Waals surface area contributed by atoms with Gasteiger partial charge in [0.15, 0.2) is 0 Å². The average Bonchev–Trinajstić information content (AvgIpc) is 2.44. The number of benzene rings is 1. The number of halogens is 3. The fraction of sp³-hybridized carbons (Fsp3) is 0.625. The van der Waals surface area contributed by atoms with Gasteiger partial charge >= 0.3 is 0 Å². The molecule has 0 spiro atoms. The Balaban J connectivity index is 0.00000220. The molecule has 1 unspecified atom stereocenters. The number of nitrogens with zero attached hydrogens (tertiary/aromatic N) is 1. The van der Waals surface area contributed by atoms with Gasteiger partial charge < -0.3 is 5.32 Å². The molecule has 1 heterocycles. The third-order valence-electron chi connectivity index (χ3n) is 4.12. The lowest BCUT2D eigenvalue weighted by atomic mass is 9.88. The van der Waals surface area contributed by atoms with Crippen LogP contribution in [0, 0.1) is 17.6 Å². The van der Waals surface area contributed by atoms with Crippen LogP contribution in [0.15, 0.2) is 18.2 Å². The molecule has 0 bridgehead atoms. The van der Waals surface area contributed by atoms with Crippen LogP contribution in [0.1, 0.15) is 38.3 Å². The van der Waals surface area contributed by atoms with Crippen molar-refractivity contribution in [1.82, 2.24) is 10.2 Å². The number of piperazine rings is 1. The fourth-order valence-corrected chi connectivity index (χ4v) is 3.19. The minimum Gasteiger partial charge on any atom is -0.314 e. The SMILES string of the molecule is CCCC(C)[C@@H](c1c(F)cccc1F)N1CCNCC1.Cl. The molecular formula is C16H25ClF2N2. The van der Waals surface area contributed by atoms with Gasteiger partial charge in [-0.3, -0.25) is 4.90 Å². The summed E-state index contributed by atoms with van der Waals surface area (Å²) < 4.78 is 28.3. The van der Waals surface area contributed by atoms with E-state index in [0.717, 1.165) is 39.0 Å². The molecule has 1 aliphatic rings. The van der Waals surface area contributed by atoms with E-state index >= 15 is 0 Å². The summed E-state index contributed by atoms with van der Waals surface area (Å²) in [4.78, 5) is 2.22. The van der Waals surface area contributed by atoms with E-state index < -0.39 is 11.6 Å². The van der Waals surface area contributed by atoms with E-state index in [9.17, 15) is 8.78 Å². The van der Waals surface area contributed by atoms with Gasteiger partial charge in [-0.1, -0.05) is 26.3 Å². The lowest BCUT2D eigenvalue weighted by Crippen LogP contribution is -2.47. The Morgan fingerprint density at radius 2 is 1.76 bits per heavy atom. The Morgan fingerprint density at radius 3 is 2.29 bits per heavy atom. The second-order valence-electron chi connectivity index (χ2n) is 5.63. The number of nitrogens with one attached hydrogen (secondary N) is 1. The zero-order valence-electron chi connectivity index (χ0n) is 12.7. The maximum absolute atomic E-state index is 14.2. The summed E-state index contributed by atoms with van der Waals surface area (Å²) in [6.07, 6.45) is 2.00. The van der Waals surface area contributed by atoms with Crippen LogP contribution < -0.4 is 5.32 Å². The molecule has 0 aliphatic carbocycles. The first kappa shape index (κ1) is 18.3. The first-order valence-corrected chi connectivity index (χ1v) is 7.53. The van der Waals surface area contributed by atoms with Gasteiger partial charge in [-0.2, -0.15) is 0 Å². The van der Waals surface area contributed by atoms with Crippen LogP contribution in [-0.4, -0.2) is 31.1 Å². The first-order chi connectivity index (χ1) is 9.65. The summed E-state index contributed by atoms with van der Waals surface area (Å²) in [6.45, 7) is 7.65. The maximum Gasteiger partial charge on any atom is 0.130 e. The zero-order valence-corrected chi connectivity index (χ0v) is 13.6. The Labute approximate surface area is 132 Å².